The van der Waals surface area contributed by atoms with Crippen LogP contribution in [0, 0.1) is 19.3 Å². The lowest BCUT2D eigenvalue weighted by Gasteiger charge is -2.30. The van der Waals surface area contributed by atoms with Crippen molar-refractivity contribution in [2.45, 2.75) is 34.1 Å². The highest BCUT2D eigenvalue weighted by Gasteiger charge is 2.25. The van der Waals surface area contributed by atoms with Gasteiger partial charge in [0, 0.05) is 0 Å². The molecule has 0 radical (unpaired) electrons. The van der Waals surface area contributed by atoms with E-state index in [9.17, 15) is 0 Å². The van der Waals surface area contributed by atoms with Gasteiger partial charge in [0.25, 0.3) is 0 Å². The summed E-state index contributed by atoms with van der Waals surface area (Å²) in [7, 11) is 0. The molecule has 2 aromatic carbocycles. The minimum atomic E-state index is 0.225. The lowest BCUT2D eigenvalue weighted by molar-refractivity contribution is 0.473. The molecule has 20 heavy (non-hydrogen) atoms. The Morgan fingerprint density at radius 3 is 2.40 bits per heavy atom. The van der Waals surface area contributed by atoms with Gasteiger partial charge in [0.1, 0.15) is 0 Å². The number of allylic oxidation sites excluding steroid dienone is 1. The second-order valence-corrected chi connectivity index (χ2v) is 6.68. The largest absolute Gasteiger partial charge is 0.0700 e. The van der Waals surface area contributed by atoms with E-state index in [0.717, 1.165) is 6.42 Å². The van der Waals surface area contributed by atoms with Crippen LogP contribution in [0.15, 0.2) is 48.5 Å². The third-order valence-electron chi connectivity index (χ3n) is 4.31. The Labute approximate surface area is 122 Å². The molecule has 1 aliphatic rings. The summed E-state index contributed by atoms with van der Waals surface area (Å²) in [5.41, 5.74) is 8.54. The van der Waals surface area contributed by atoms with E-state index in [2.05, 4.69) is 76.2 Å². The van der Waals surface area contributed by atoms with Crippen molar-refractivity contribution in [3.8, 4) is 0 Å². The van der Waals surface area contributed by atoms with Gasteiger partial charge in [-0.25, -0.2) is 0 Å². The number of aryl methyl sites for hydroxylation is 2. The maximum absolute atomic E-state index is 2.44. The van der Waals surface area contributed by atoms with Gasteiger partial charge in [-0.3, -0.25) is 0 Å². The van der Waals surface area contributed by atoms with Gasteiger partial charge in [-0.05, 0) is 59.1 Å². The number of rotatable bonds is 1. The minimum absolute atomic E-state index is 0.225. The SMILES string of the molecule is Cc1ccc(C2=CC(C)(C)Cc3ccccc32)cc1C. The predicted molar refractivity (Wildman–Crippen MR) is 86.9 cm³/mol. The molecule has 0 spiro atoms. The van der Waals surface area contributed by atoms with E-state index in [1.54, 1.807) is 0 Å². The number of benzene rings is 2. The molecular formula is C20H22. The highest BCUT2D eigenvalue weighted by atomic mass is 14.3. The van der Waals surface area contributed by atoms with Crippen molar-refractivity contribution < 1.29 is 0 Å². The maximum Gasteiger partial charge on any atom is -0.0125 e. The lowest BCUT2D eigenvalue weighted by atomic mass is 9.74. The Kier molecular flexibility index (Phi) is 3.05. The van der Waals surface area contributed by atoms with Crippen LogP contribution in [0.1, 0.15) is 41.7 Å². The summed E-state index contributed by atoms with van der Waals surface area (Å²) < 4.78 is 0. The Bertz CT molecular complexity index is 687. The average molecular weight is 262 g/mol. The third kappa shape index (κ3) is 2.31. The molecule has 3 rings (SSSR count). The highest BCUT2D eigenvalue weighted by molar-refractivity contribution is 5.83. The van der Waals surface area contributed by atoms with Crippen molar-refractivity contribution in [2.75, 3.05) is 0 Å². The third-order valence-corrected chi connectivity index (χ3v) is 4.31. The monoisotopic (exact) mass is 262 g/mol. The quantitative estimate of drug-likeness (QED) is 0.652. The first-order valence-electron chi connectivity index (χ1n) is 7.35. The molecule has 0 saturated carbocycles. The van der Waals surface area contributed by atoms with Gasteiger partial charge >= 0.3 is 0 Å². The van der Waals surface area contributed by atoms with Crippen LogP contribution < -0.4 is 0 Å². The first-order chi connectivity index (χ1) is 9.46. The summed E-state index contributed by atoms with van der Waals surface area (Å²) in [5, 5.41) is 0. The Morgan fingerprint density at radius 1 is 0.900 bits per heavy atom. The van der Waals surface area contributed by atoms with Crippen LogP contribution >= 0.6 is 0 Å². The first kappa shape index (κ1) is 13.2. The second-order valence-electron chi connectivity index (χ2n) is 6.68. The molecule has 2 aromatic rings. The zero-order valence-corrected chi connectivity index (χ0v) is 12.8. The molecule has 0 aromatic heterocycles. The molecule has 0 atom stereocenters. The van der Waals surface area contributed by atoms with Gasteiger partial charge in [-0.2, -0.15) is 0 Å². The van der Waals surface area contributed by atoms with Crippen molar-refractivity contribution in [3.05, 3.63) is 76.4 Å². The first-order valence-corrected chi connectivity index (χ1v) is 7.35. The summed E-state index contributed by atoms with van der Waals surface area (Å²) in [4.78, 5) is 0. The molecule has 0 bridgehead atoms. The van der Waals surface area contributed by atoms with E-state index >= 15 is 0 Å². The fourth-order valence-corrected chi connectivity index (χ4v) is 3.10. The van der Waals surface area contributed by atoms with Gasteiger partial charge in [-0.1, -0.05) is 62.4 Å². The predicted octanol–water partition coefficient (Wildman–Crippen LogP) is 5.32. The summed E-state index contributed by atoms with van der Waals surface area (Å²) in [6.45, 7) is 9.01. The van der Waals surface area contributed by atoms with Gasteiger partial charge in [0.15, 0.2) is 0 Å². The molecular weight excluding hydrogens is 240 g/mol. The minimum Gasteiger partial charge on any atom is -0.0700 e. The standard InChI is InChI=1S/C20H22/c1-14-9-10-16(11-15(14)2)19-13-20(3,4)12-17-7-5-6-8-18(17)19/h5-11,13H,12H2,1-4H3. The zero-order valence-electron chi connectivity index (χ0n) is 12.8. The summed E-state index contributed by atoms with van der Waals surface area (Å²) in [6.07, 6.45) is 3.57. The Balaban J connectivity index is 2.19. The van der Waals surface area contributed by atoms with Gasteiger partial charge < -0.3 is 0 Å². The van der Waals surface area contributed by atoms with Crippen molar-refractivity contribution in [3.63, 3.8) is 0 Å². The number of hydrogen-bond donors (Lipinski definition) is 0. The Hall–Kier alpha value is -1.82. The van der Waals surface area contributed by atoms with Crippen molar-refractivity contribution in [1.82, 2.24) is 0 Å². The molecule has 0 heterocycles. The molecule has 0 aliphatic heterocycles. The second kappa shape index (κ2) is 4.63. The number of hydrogen-bond acceptors (Lipinski definition) is 0. The zero-order chi connectivity index (χ0) is 14.3. The molecule has 0 saturated heterocycles. The average Bonchev–Trinajstić information content (AvgIpc) is 2.40. The van der Waals surface area contributed by atoms with Gasteiger partial charge in [0.2, 0.25) is 0 Å². The molecule has 1 aliphatic carbocycles. The van der Waals surface area contributed by atoms with E-state index in [0.29, 0.717) is 0 Å². The molecule has 0 fully saturated rings. The van der Waals surface area contributed by atoms with Gasteiger partial charge in [-0.15, -0.1) is 0 Å². The van der Waals surface area contributed by atoms with Crippen LogP contribution in [-0.4, -0.2) is 0 Å². The Morgan fingerprint density at radius 2 is 1.65 bits per heavy atom. The van der Waals surface area contributed by atoms with E-state index in [1.807, 2.05) is 0 Å². The van der Waals surface area contributed by atoms with E-state index in [-0.39, 0.29) is 5.41 Å². The fraction of sp³-hybridized carbons (Fsp3) is 0.300. The fourth-order valence-electron chi connectivity index (χ4n) is 3.10. The molecule has 0 N–H and O–H groups in total. The summed E-state index contributed by atoms with van der Waals surface area (Å²) in [6, 6.07) is 15.6. The van der Waals surface area contributed by atoms with Gasteiger partial charge in [0.05, 0.1) is 0 Å². The van der Waals surface area contributed by atoms with Crippen LogP contribution in [0.5, 0.6) is 0 Å². The molecule has 102 valence electrons. The molecule has 0 heteroatoms. The van der Waals surface area contributed by atoms with Crippen molar-refractivity contribution in [2.24, 2.45) is 5.41 Å². The van der Waals surface area contributed by atoms with Crippen LogP contribution in [0.3, 0.4) is 0 Å². The van der Waals surface area contributed by atoms with E-state index < -0.39 is 0 Å². The molecule has 0 unspecified atom stereocenters. The van der Waals surface area contributed by atoms with E-state index in [4.69, 9.17) is 0 Å². The van der Waals surface area contributed by atoms with Crippen LogP contribution in [0.4, 0.5) is 0 Å². The highest BCUT2D eigenvalue weighted by Crippen LogP contribution is 2.39. The summed E-state index contributed by atoms with van der Waals surface area (Å²) >= 11 is 0. The number of fused-ring (bicyclic) bond motifs is 1. The lowest BCUT2D eigenvalue weighted by Crippen LogP contribution is -2.18. The van der Waals surface area contributed by atoms with Crippen molar-refractivity contribution >= 4 is 5.57 Å². The van der Waals surface area contributed by atoms with Crippen LogP contribution in [0.2, 0.25) is 0 Å². The normalized spacial score (nSPS) is 16.5. The smallest absolute Gasteiger partial charge is 0.0125 e. The van der Waals surface area contributed by atoms with E-state index in [1.165, 1.54) is 33.4 Å². The molecule has 0 nitrogen and oxygen atoms in total. The van der Waals surface area contributed by atoms with Crippen LogP contribution in [-0.2, 0) is 6.42 Å². The topological polar surface area (TPSA) is 0 Å². The molecule has 0 amide bonds. The summed E-state index contributed by atoms with van der Waals surface area (Å²) in [5.74, 6) is 0. The van der Waals surface area contributed by atoms with Crippen molar-refractivity contribution in [1.29, 1.82) is 0 Å². The maximum atomic E-state index is 2.44. The van der Waals surface area contributed by atoms with Crippen LogP contribution in [0.25, 0.3) is 5.57 Å².